The summed E-state index contributed by atoms with van der Waals surface area (Å²) in [5.41, 5.74) is 7.72. The first-order valence-electron chi connectivity index (χ1n) is 5.38. The Morgan fingerprint density at radius 1 is 1.22 bits per heavy atom. The molecule has 2 rings (SSSR count). The first kappa shape index (κ1) is 13.6. The summed E-state index contributed by atoms with van der Waals surface area (Å²) in [4.78, 5) is 4.25. The lowest BCUT2D eigenvalue weighted by Crippen LogP contribution is -2.15. The Bertz CT molecular complexity index is 560. The van der Waals surface area contributed by atoms with Gasteiger partial charge in [0.15, 0.2) is 0 Å². The third-order valence-electron chi connectivity index (χ3n) is 2.59. The van der Waals surface area contributed by atoms with Gasteiger partial charge in [0.1, 0.15) is 5.82 Å². The highest BCUT2D eigenvalue weighted by Gasteiger charge is 2.13. The quantitative estimate of drug-likeness (QED) is 0.883. The van der Waals surface area contributed by atoms with E-state index in [4.69, 9.17) is 5.73 Å². The van der Waals surface area contributed by atoms with Crippen molar-refractivity contribution < 1.29 is 4.39 Å². The van der Waals surface area contributed by atoms with Crippen LogP contribution in [-0.2, 0) is 6.42 Å². The maximum atomic E-state index is 13.2. The molecule has 0 amide bonds. The smallest absolute Gasteiger partial charge is 0.123 e. The monoisotopic (exact) mass is 372 g/mol. The summed E-state index contributed by atoms with van der Waals surface area (Å²) in [6.45, 7) is 0. The van der Waals surface area contributed by atoms with Crippen molar-refractivity contribution in [2.75, 3.05) is 0 Å². The minimum absolute atomic E-state index is 0.263. The summed E-state index contributed by atoms with van der Waals surface area (Å²) in [6.07, 6.45) is 2.22. The van der Waals surface area contributed by atoms with E-state index in [0.29, 0.717) is 6.42 Å². The van der Waals surface area contributed by atoms with Crippen molar-refractivity contribution in [1.29, 1.82) is 0 Å². The molecule has 1 atom stereocenters. The van der Waals surface area contributed by atoms with Crippen LogP contribution < -0.4 is 5.73 Å². The maximum absolute atomic E-state index is 13.2. The minimum atomic E-state index is -0.279. The molecule has 0 aliphatic carbocycles. The van der Waals surface area contributed by atoms with Crippen molar-refractivity contribution in [2.24, 2.45) is 5.73 Å². The van der Waals surface area contributed by atoms with Gasteiger partial charge in [0.25, 0.3) is 0 Å². The van der Waals surface area contributed by atoms with Crippen LogP contribution in [0.3, 0.4) is 0 Å². The second kappa shape index (κ2) is 5.91. The van der Waals surface area contributed by atoms with Crippen LogP contribution in [0, 0.1) is 5.82 Å². The first-order chi connectivity index (χ1) is 8.58. The highest BCUT2D eigenvalue weighted by molar-refractivity contribution is 9.10. The molecule has 5 heteroatoms. The van der Waals surface area contributed by atoms with Crippen molar-refractivity contribution >= 4 is 31.9 Å². The van der Waals surface area contributed by atoms with Crippen LogP contribution in [-0.4, -0.2) is 4.98 Å². The fraction of sp³-hybridized carbons (Fsp3) is 0.154. The Labute approximate surface area is 122 Å². The molecule has 1 unspecified atom stereocenters. The summed E-state index contributed by atoms with van der Waals surface area (Å²) >= 11 is 6.81. The van der Waals surface area contributed by atoms with E-state index in [9.17, 15) is 4.39 Å². The fourth-order valence-electron chi connectivity index (χ4n) is 1.70. The van der Waals surface area contributed by atoms with E-state index in [-0.39, 0.29) is 11.9 Å². The predicted molar refractivity (Wildman–Crippen MR) is 76.7 cm³/mol. The number of benzene rings is 1. The molecule has 94 valence electrons. The van der Waals surface area contributed by atoms with Gasteiger partial charge in [-0.25, -0.2) is 4.39 Å². The largest absolute Gasteiger partial charge is 0.322 e. The van der Waals surface area contributed by atoms with Gasteiger partial charge < -0.3 is 5.73 Å². The average molecular weight is 374 g/mol. The molecule has 0 aliphatic rings. The van der Waals surface area contributed by atoms with Crippen molar-refractivity contribution in [3.63, 3.8) is 0 Å². The number of rotatable bonds is 3. The standard InChI is InChI=1S/C13H11Br2FN2/c14-10-4-3-9(16)6-8(10)7-12(17)13-11(15)2-1-5-18-13/h1-6,12H,7,17H2. The zero-order valence-corrected chi connectivity index (χ0v) is 12.6. The number of pyridine rings is 1. The molecule has 1 heterocycles. The molecule has 1 aromatic heterocycles. The van der Waals surface area contributed by atoms with Gasteiger partial charge in [-0.2, -0.15) is 0 Å². The maximum Gasteiger partial charge on any atom is 0.123 e. The second-order valence-corrected chi connectivity index (χ2v) is 5.63. The molecule has 18 heavy (non-hydrogen) atoms. The van der Waals surface area contributed by atoms with Crippen molar-refractivity contribution in [1.82, 2.24) is 4.98 Å². The van der Waals surface area contributed by atoms with Gasteiger partial charge in [-0.1, -0.05) is 15.9 Å². The molecule has 0 fully saturated rings. The molecule has 0 saturated heterocycles. The zero-order valence-electron chi connectivity index (χ0n) is 9.41. The summed E-state index contributed by atoms with van der Waals surface area (Å²) in [6, 6.07) is 8.03. The van der Waals surface area contributed by atoms with Gasteiger partial charge in [-0.15, -0.1) is 0 Å². The van der Waals surface area contributed by atoms with Crippen LogP contribution in [0.5, 0.6) is 0 Å². The van der Waals surface area contributed by atoms with Crippen LogP contribution in [0.25, 0.3) is 0 Å². The Morgan fingerprint density at radius 2 is 2.00 bits per heavy atom. The molecule has 0 radical (unpaired) electrons. The summed E-state index contributed by atoms with van der Waals surface area (Å²) in [5, 5.41) is 0. The average Bonchev–Trinajstić information content (AvgIpc) is 2.34. The predicted octanol–water partition coefficient (Wildman–Crippen LogP) is 3.99. The van der Waals surface area contributed by atoms with E-state index in [1.807, 2.05) is 12.1 Å². The Hall–Kier alpha value is -0.780. The summed E-state index contributed by atoms with van der Waals surface area (Å²) < 4.78 is 14.9. The zero-order chi connectivity index (χ0) is 13.1. The lowest BCUT2D eigenvalue weighted by Gasteiger charge is -2.13. The van der Waals surface area contributed by atoms with Gasteiger partial charge in [-0.05, 0) is 58.2 Å². The van der Waals surface area contributed by atoms with E-state index < -0.39 is 0 Å². The molecule has 2 aromatic rings. The van der Waals surface area contributed by atoms with E-state index in [1.54, 1.807) is 12.3 Å². The number of halogens is 3. The van der Waals surface area contributed by atoms with Crippen LogP contribution in [0.2, 0.25) is 0 Å². The molecule has 0 spiro atoms. The lowest BCUT2D eigenvalue weighted by atomic mass is 10.0. The van der Waals surface area contributed by atoms with Crippen LogP contribution >= 0.6 is 31.9 Å². The lowest BCUT2D eigenvalue weighted by molar-refractivity contribution is 0.619. The van der Waals surface area contributed by atoms with E-state index >= 15 is 0 Å². The molecule has 2 N–H and O–H groups in total. The Morgan fingerprint density at radius 3 is 2.72 bits per heavy atom. The van der Waals surface area contributed by atoms with Gasteiger partial charge in [0.2, 0.25) is 0 Å². The molecule has 0 saturated carbocycles. The van der Waals surface area contributed by atoms with Crippen molar-refractivity contribution in [3.8, 4) is 0 Å². The van der Waals surface area contributed by atoms with Crippen LogP contribution in [0.1, 0.15) is 17.3 Å². The SMILES string of the molecule is NC(Cc1cc(F)ccc1Br)c1ncccc1Br. The third-order valence-corrected chi connectivity index (χ3v) is 4.03. The number of aromatic nitrogens is 1. The third kappa shape index (κ3) is 3.16. The topological polar surface area (TPSA) is 38.9 Å². The van der Waals surface area contributed by atoms with Crippen LogP contribution in [0.15, 0.2) is 45.5 Å². The minimum Gasteiger partial charge on any atom is -0.322 e. The first-order valence-corrected chi connectivity index (χ1v) is 6.96. The van der Waals surface area contributed by atoms with Crippen molar-refractivity contribution in [3.05, 3.63) is 62.5 Å². The highest BCUT2D eigenvalue weighted by Crippen LogP contribution is 2.26. The number of hydrogen-bond acceptors (Lipinski definition) is 2. The summed E-state index contributed by atoms with van der Waals surface area (Å²) in [5.74, 6) is -0.263. The number of nitrogens with two attached hydrogens (primary N) is 1. The Kier molecular flexibility index (Phi) is 4.48. The number of hydrogen-bond donors (Lipinski definition) is 1. The van der Waals surface area contributed by atoms with Gasteiger partial charge in [0.05, 0.1) is 11.7 Å². The van der Waals surface area contributed by atoms with E-state index in [0.717, 1.165) is 20.2 Å². The molecular formula is C13H11Br2FN2. The molecular weight excluding hydrogens is 363 g/mol. The Balaban J connectivity index is 2.24. The van der Waals surface area contributed by atoms with Crippen LogP contribution in [0.4, 0.5) is 4.39 Å². The second-order valence-electron chi connectivity index (χ2n) is 3.92. The van der Waals surface area contributed by atoms with Crippen molar-refractivity contribution in [2.45, 2.75) is 12.5 Å². The van der Waals surface area contributed by atoms with E-state index in [1.165, 1.54) is 12.1 Å². The highest BCUT2D eigenvalue weighted by atomic mass is 79.9. The van der Waals surface area contributed by atoms with Gasteiger partial charge >= 0.3 is 0 Å². The molecule has 0 aliphatic heterocycles. The normalized spacial score (nSPS) is 12.4. The summed E-state index contributed by atoms with van der Waals surface area (Å²) in [7, 11) is 0. The van der Waals surface area contributed by atoms with Gasteiger partial charge in [0, 0.05) is 15.1 Å². The molecule has 1 aromatic carbocycles. The molecule has 0 bridgehead atoms. The number of nitrogens with zero attached hydrogens (tertiary/aromatic N) is 1. The van der Waals surface area contributed by atoms with E-state index in [2.05, 4.69) is 36.8 Å². The molecule has 2 nitrogen and oxygen atoms in total. The van der Waals surface area contributed by atoms with Gasteiger partial charge in [-0.3, -0.25) is 4.98 Å². The fourth-order valence-corrected chi connectivity index (χ4v) is 2.66.